The first kappa shape index (κ1) is 45.9. The molecule has 0 spiro atoms. The van der Waals surface area contributed by atoms with Crippen LogP contribution in [0.3, 0.4) is 0 Å². The Labute approximate surface area is 356 Å². The van der Waals surface area contributed by atoms with Crippen molar-refractivity contribution in [3.05, 3.63) is 93.0 Å². The number of halogens is 11. The molecule has 0 saturated heterocycles. The van der Waals surface area contributed by atoms with Crippen LogP contribution in [0.4, 0.5) is 49.7 Å². The quantitative estimate of drug-likeness (QED) is 0.0775. The van der Waals surface area contributed by atoms with Gasteiger partial charge >= 0.3 is 12.4 Å². The van der Waals surface area contributed by atoms with Crippen LogP contribution in [-0.2, 0) is 36.4 Å². The Morgan fingerprint density at radius 3 is 2.23 bits per heavy atom. The number of hydrogen-bond donors (Lipinski definition) is 2. The van der Waals surface area contributed by atoms with E-state index in [2.05, 4.69) is 32.1 Å². The maximum atomic E-state index is 15.6. The normalized spacial score (nSPS) is 16.9. The lowest BCUT2D eigenvalue weighted by Gasteiger charge is -2.24. The van der Waals surface area contributed by atoms with Gasteiger partial charge in [0.1, 0.15) is 36.1 Å². The van der Waals surface area contributed by atoms with Gasteiger partial charge in [0.25, 0.3) is 5.92 Å². The van der Waals surface area contributed by atoms with Gasteiger partial charge in [0, 0.05) is 34.9 Å². The van der Waals surface area contributed by atoms with Gasteiger partial charge in [0.15, 0.2) is 11.5 Å². The average Bonchev–Trinajstić information content (AvgIpc) is 3.76. The SMILES string of the molecule is CSNc1nn(CC(F)(F)F)c2c(-c3ccc(C#CC(C)(C)SC)nc3C(Cc3cc(F)cc(F)c3)NC(=O)Cn3nc(C(F)(F)F)c4c3C(F)(F)C(C)[C@@H]4C)ccc(Cl)c12. The van der Waals surface area contributed by atoms with Crippen molar-refractivity contribution in [1.82, 2.24) is 29.9 Å². The maximum absolute atomic E-state index is 15.6. The topological polar surface area (TPSA) is 89.7 Å². The van der Waals surface area contributed by atoms with E-state index >= 15 is 8.78 Å². The minimum atomic E-state index is -5.15. The lowest BCUT2D eigenvalue weighted by molar-refractivity contribution is -0.143. The summed E-state index contributed by atoms with van der Waals surface area (Å²) < 4.78 is 149. The molecule has 1 aliphatic rings. The van der Waals surface area contributed by atoms with E-state index in [9.17, 15) is 39.9 Å². The second-order valence-electron chi connectivity index (χ2n) is 14.9. The first-order valence-electron chi connectivity index (χ1n) is 18.3. The Morgan fingerprint density at radius 1 is 0.967 bits per heavy atom. The van der Waals surface area contributed by atoms with E-state index < -0.39 is 94.9 Å². The van der Waals surface area contributed by atoms with Crippen LogP contribution in [0.2, 0.25) is 5.02 Å². The molecule has 61 heavy (non-hydrogen) atoms. The summed E-state index contributed by atoms with van der Waals surface area (Å²) in [7, 11) is 0. The summed E-state index contributed by atoms with van der Waals surface area (Å²) in [6.07, 6.45) is -6.97. The zero-order valence-electron chi connectivity index (χ0n) is 33.0. The number of rotatable bonds is 11. The standard InChI is InChI=1S/C40H36ClF10N7OS2/c1-19-20(2)39(47,48)35-30(19)34(40(49,50)51)54-57(35)17-29(59)53-28(15-21-13-22(42)16-23(43)14-21)32-25(8-7-24(52-32)11-12-37(3,4)60-5)26-9-10-27(41)31-33(26)58(18-38(44,45)46)55-36(31)56-61-6/h7-10,13-14,16,19-20,28H,15,17-18H2,1-6H3,(H,53,59)(H,55,56)/t19-,20?,28?/m0/s1. The largest absolute Gasteiger partial charge is 0.435 e. The smallest absolute Gasteiger partial charge is 0.346 e. The summed E-state index contributed by atoms with van der Waals surface area (Å²) >= 11 is 9.02. The number of amides is 1. The number of thioether (sulfide) groups is 1. The number of benzene rings is 2. The minimum Gasteiger partial charge on any atom is -0.346 e. The molecule has 3 atom stereocenters. The van der Waals surface area contributed by atoms with Crippen molar-refractivity contribution in [2.24, 2.45) is 5.92 Å². The second-order valence-corrected chi connectivity index (χ2v) is 17.4. The summed E-state index contributed by atoms with van der Waals surface area (Å²) in [6.45, 7) is 3.22. The summed E-state index contributed by atoms with van der Waals surface area (Å²) in [6, 6.07) is 6.71. The number of hydrogen-bond acceptors (Lipinski definition) is 7. The molecule has 326 valence electrons. The van der Waals surface area contributed by atoms with Crippen LogP contribution in [0.1, 0.15) is 73.6 Å². The predicted molar refractivity (Wildman–Crippen MR) is 215 cm³/mol. The highest BCUT2D eigenvalue weighted by Gasteiger charge is 2.57. The van der Waals surface area contributed by atoms with Crippen LogP contribution in [0.25, 0.3) is 22.0 Å². The molecule has 5 aromatic rings. The van der Waals surface area contributed by atoms with E-state index in [0.29, 0.717) is 15.4 Å². The Hall–Kier alpha value is -4.61. The number of pyridine rings is 1. The number of nitrogens with zero attached hydrogens (tertiary/aromatic N) is 5. The van der Waals surface area contributed by atoms with Crippen LogP contribution < -0.4 is 10.0 Å². The van der Waals surface area contributed by atoms with Crippen LogP contribution in [-0.4, -0.2) is 53.9 Å². The van der Waals surface area contributed by atoms with E-state index in [4.69, 9.17) is 16.6 Å². The molecule has 2 N–H and O–H groups in total. The zero-order valence-corrected chi connectivity index (χ0v) is 35.4. The summed E-state index contributed by atoms with van der Waals surface area (Å²) in [4.78, 5) is 18.8. The van der Waals surface area contributed by atoms with Gasteiger partial charge in [-0.25, -0.2) is 13.8 Å². The van der Waals surface area contributed by atoms with Gasteiger partial charge in [-0.3, -0.25) is 14.2 Å². The van der Waals surface area contributed by atoms with Crippen molar-refractivity contribution in [2.75, 3.05) is 17.2 Å². The molecule has 0 bridgehead atoms. The molecule has 0 aliphatic heterocycles. The Balaban J connectivity index is 1.58. The van der Waals surface area contributed by atoms with Crippen LogP contribution in [0.15, 0.2) is 42.5 Å². The molecule has 3 aromatic heterocycles. The van der Waals surface area contributed by atoms with Gasteiger partial charge in [-0.2, -0.15) is 45.3 Å². The van der Waals surface area contributed by atoms with E-state index in [0.717, 1.165) is 31.0 Å². The number of carbonyl (C=O) groups excluding carboxylic acids is 1. The molecule has 1 aliphatic carbocycles. The number of carbonyl (C=O) groups is 1. The highest BCUT2D eigenvalue weighted by molar-refractivity contribution is 8.00. The van der Waals surface area contributed by atoms with Crippen LogP contribution in [0, 0.1) is 29.4 Å². The van der Waals surface area contributed by atoms with Crippen LogP contribution in [0.5, 0.6) is 0 Å². The molecule has 0 saturated carbocycles. The molecule has 6 rings (SSSR count). The van der Waals surface area contributed by atoms with Gasteiger partial charge in [-0.05, 0) is 74.3 Å². The molecule has 0 fully saturated rings. The lowest BCUT2D eigenvalue weighted by atomic mass is 9.93. The van der Waals surface area contributed by atoms with Gasteiger partial charge in [-0.1, -0.05) is 49.4 Å². The molecule has 3 heterocycles. The molecule has 21 heteroatoms. The number of nitrogens with one attached hydrogen (secondary N) is 2. The van der Waals surface area contributed by atoms with Crippen molar-refractivity contribution < 1.29 is 48.7 Å². The molecule has 2 aromatic carbocycles. The highest BCUT2D eigenvalue weighted by atomic mass is 35.5. The third-order valence-electron chi connectivity index (χ3n) is 10.3. The van der Waals surface area contributed by atoms with E-state index in [1.807, 2.05) is 20.1 Å². The molecular formula is C40H36ClF10N7OS2. The third kappa shape index (κ3) is 9.58. The second kappa shape index (κ2) is 16.9. The first-order chi connectivity index (χ1) is 28.3. The van der Waals surface area contributed by atoms with Gasteiger partial charge < -0.3 is 10.0 Å². The van der Waals surface area contributed by atoms with E-state index in [1.165, 1.54) is 43.0 Å². The zero-order chi connectivity index (χ0) is 45.0. The Kier molecular flexibility index (Phi) is 12.7. The van der Waals surface area contributed by atoms with Gasteiger partial charge in [0.2, 0.25) is 5.91 Å². The van der Waals surface area contributed by atoms with Crippen molar-refractivity contribution in [3.63, 3.8) is 0 Å². The van der Waals surface area contributed by atoms with E-state index in [1.54, 1.807) is 6.26 Å². The van der Waals surface area contributed by atoms with Crippen molar-refractivity contribution in [3.8, 4) is 23.0 Å². The fourth-order valence-corrected chi connectivity index (χ4v) is 7.90. The number of fused-ring (bicyclic) bond motifs is 2. The minimum absolute atomic E-state index is 0.0135. The fraction of sp³-hybridized carbons (Fsp3) is 0.400. The third-order valence-corrected chi connectivity index (χ3v) is 12.1. The van der Waals surface area contributed by atoms with Crippen molar-refractivity contribution >= 4 is 57.9 Å². The average molecular weight is 920 g/mol. The molecule has 1 amide bonds. The number of alkyl halides is 8. The number of aromatic nitrogens is 5. The molecular weight excluding hydrogens is 884 g/mol. The Morgan fingerprint density at radius 2 is 1.62 bits per heavy atom. The predicted octanol–water partition coefficient (Wildman–Crippen LogP) is 10.9. The summed E-state index contributed by atoms with van der Waals surface area (Å²) in [5.74, 6) is -3.87. The molecule has 8 nitrogen and oxygen atoms in total. The van der Waals surface area contributed by atoms with Gasteiger partial charge in [-0.15, -0.1) is 11.8 Å². The first-order valence-corrected chi connectivity index (χ1v) is 21.1. The van der Waals surface area contributed by atoms with Crippen molar-refractivity contribution in [2.45, 2.75) is 82.2 Å². The van der Waals surface area contributed by atoms with Crippen molar-refractivity contribution in [1.29, 1.82) is 0 Å². The molecule has 2 unspecified atom stereocenters. The monoisotopic (exact) mass is 919 g/mol. The van der Waals surface area contributed by atoms with Gasteiger partial charge in [0.05, 0.1) is 32.4 Å². The maximum Gasteiger partial charge on any atom is 0.435 e. The summed E-state index contributed by atoms with van der Waals surface area (Å²) in [5, 5.41) is 10.3. The summed E-state index contributed by atoms with van der Waals surface area (Å²) in [5.41, 5.74) is -3.48. The van der Waals surface area contributed by atoms with E-state index in [-0.39, 0.29) is 49.8 Å². The van der Waals surface area contributed by atoms with Crippen LogP contribution >= 0.6 is 35.3 Å². The lowest BCUT2D eigenvalue weighted by Crippen LogP contribution is -2.35. The molecule has 0 radical (unpaired) electrons. The highest BCUT2D eigenvalue weighted by Crippen LogP contribution is 2.55. The number of anilines is 1. The fourth-order valence-electron chi connectivity index (χ4n) is 7.17. The Bertz CT molecular complexity index is 2540.